The predicted molar refractivity (Wildman–Crippen MR) is 80.3 cm³/mol. The van der Waals surface area contributed by atoms with Crippen molar-refractivity contribution in [3.05, 3.63) is 11.8 Å². The van der Waals surface area contributed by atoms with Gasteiger partial charge in [0.05, 0.1) is 18.3 Å². The van der Waals surface area contributed by atoms with Gasteiger partial charge < -0.3 is 9.64 Å². The predicted octanol–water partition coefficient (Wildman–Crippen LogP) is 4.00. The van der Waals surface area contributed by atoms with Gasteiger partial charge in [0.1, 0.15) is 12.1 Å². The molecule has 0 aromatic carbocycles. The summed E-state index contributed by atoms with van der Waals surface area (Å²) in [5.74, 6) is -3.53. The Morgan fingerprint density at radius 2 is 2.00 bits per heavy atom. The van der Waals surface area contributed by atoms with Gasteiger partial charge in [0.2, 0.25) is 0 Å². The van der Waals surface area contributed by atoms with Crippen molar-refractivity contribution in [1.29, 1.82) is 0 Å². The van der Waals surface area contributed by atoms with E-state index in [-0.39, 0.29) is 18.9 Å². The van der Waals surface area contributed by atoms with Crippen LogP contribution in [0, 0.1) is 0 Å². The van der Waals surface area contributed by atoms with Crippen LogP contribution >= 0.6 is 11.7 Å². The second-order valence-corrected chi connectivity index (χ2v) is 6.30. The lowest BCUT2D eigenvalue weighted by Crippen LogP contribution is -2.26. The highest BCUT2D eigenvalue weighted by Gasteiger charge is 2.42. The van der Waals surface area contributed by atoms with Gasteiger partial charge in [-0.25, -0.2) is 8.78 Å². The van der Waals surface area contributed by atoms with Crippen molar-refractivity contribution in [2.24, 2.45) is 0 Å². The number of halogens is 5. The van der Waals surface area contributed by atoms with Crippen molar-refractivity contribution in [2.75, 3.05) is 26.7 Å². The first-order chi connectivity index (χ1) is 11.2. The van der Waals surface area contributed by atoms with Gasteiger partial charge in [0.25, 0.3) is 11.8 Å². The molecule has 4 nitrogen and oxygen atoms in total. The molecule has 2 rings (SSSR count). The number of ether oxygens (including phenoxy) is 1. The van der Waals surface area contributed by atoms with Crippen molar-refractivity contribution >= 4 is 17.3 Å². The van der Waals surface area contributed by atoms with E-state index in [9.17, 15) is 22.0 Å². The Kier molecular flexibility index (Phi) is 6.13. The number of hydrogen-bond acceptors (Lipinski definition) is 5. The fourth-order valence-corrected chi connectivity index (χ4v) is 2.95. The second kappa shape index (κ2) is 7.73. The van der Waals surface area contributed by atoms with E-state index in [0.717, 1.165) is 30.3 Å². The van der Waals surface area contributed by atoms with E-state index in [0.29, 0.717) is 12.2 Å². The molecular formula is C14H18F5N3OS. The average Bonchev–Trinajstić information content (AvgIpc) is 2.89. The molecule has 1 aromatic heterocycles. The third kappa shape index (κ3) is 5.97. The van der Waals surface area contributed by atoms with Crippen LogP contribution in [-0.2, 0) is 0 Å². The molecule has 10 heteroatoms. The summed E-state index contributed by atoms with van der Waals surface area (Å²) in [6.45, 7) is 1.49. The maximum atomic E-state index is 13.2. The first-order valence-electron chi connectivity index (χ1n) is 7.44. The summed E-state index contributed by atoms with van der Waals surface area (Å²) in [5.41, 5.74) is 1.53. The van der Waals surface area contributed by atoms with Gasteiger partial charge in [-0.2, -0.15) is 17.5 Å². The Bertz CT molecular complexity index is 573. The van der Waals surface area contributed by atoms with Crippen LogP contribution in [0.2, 0.25) is 0 Å². The summed E-state index contributed by atoms with van der Waals surface area (Å²) in [4.78, 5) is 2.11. The van der Waals surface area contributed by atoms with Gasteiger partial charge in [-0.1, -0.05) is 6.08 Å². The molecule has 0 atom stereocenters. The lowest BCUT2D eigenvalue weighted by atomic mass is 10.1. The highest BCUT2D eigenvalue weighted by Crippen LogP contribution is 2.34. The quantitative estimate of drug-likeness (QED) is 0.536. The van der Waals surface area contributed by atoms with Gasteiger partial charge in [-0.05, 0) is 25.5 Å². The summed E-state index contributed by atoms with van der Waals surface area (Å²) in [7, 11) is 1.97. The van der Waals surface area contributed by atoms with Gasteiger partial charge >= 0.3 is 6.18 Å². The largest absolute Gasteiger partial charge is 0.475 e. The Morgan fingerprint density at radius 3 is 2.67 bits per heavy atom. The van der Waals surface area contributed by atoms with E-state index < -0.39 is 24.9 Å². The first kappa shape index (κ1) is 19.0. The van der Waals surface area contributed by atoms with Crippen LogP contribution in [0.15, 0.2) is 6.08 Å². The van der Waals surface area contributed by atoms with E-state index in [1.807, 2.05) is 13.1 Å². The standard InChI is InChI=1S/C14H18F5N3OS/c1-22-6-2-4-10(8-22)11-12(21-24-20-11)23-7-3-5-13(15,16)9-14(17,18)19/h4H,2-3,5-9H2,1H3. The summed E-state index contributed by atoms with van der Waals surface area (Å²) in [5, 5.41) is 0. The minimum Gasteiger partial charge on any atom is -0.475 e. The molecule has 0 fully saturated rings. The van der Waals surface area contributed by atoms with Crippen molar-refractivity contribution in [1.82, 2.24) is 13.6 Å². The maximum Gasteiger partial charge on any atom is 0.394 e. The lowest BCUT2D eigenvalue weighted by Gasteiger charge is -2.22. The molecule has 136 valence electrons. The maximum absolute atomic E-state index is 13.2. The highest BCUT2D eigenvalue weighted by molar-refractivity contribution is 6.99. The van der Waals surface area contributed by atoms with Crippen LogP contribution in [0.25, 0.3) is 5.57 Å². The Morgan fingerprint density at radius 1 is 1.25 bits per heavy atom. The SMILES string of the molecule is CN1CCC=C(c2nsnc2OCCCC(F)(F)CC(F)(F)F)C1. The molecule has 0 saturated heterocycles. The lowest BCUT2D eigenvalue weighted by molar-refractivity contribution is -0.189. The Hall–Kier alpha value is -1.29. The second-order valence-electron chi connectivity index (χ2n) is 5.77. The van der Waals surface area contributed by atoms with Crippen LogP contribution in [0.3, 0.4) is 0 Å². The zero-order valence-corrected chi connectivity index (χ0v) is 13.9. The monoisotopic (exact) mass is 371 g/mol. The van der Waals surface area contributed by atoms with Crippen molar-refractivity contribution in [3.8, 4) is 5.88 Å². The van der Waals surface area contributed by atoms with Crippen LogP contribution in [-0.4, -0.2) is 52.5 Å². The third-order valence-electron chi connectivity index (χ3n) is 3.49. The number of aromatic nitrogens is 2. The normalized spacial score (nSPS) is 17.0. The van der Waals surface area contributed by atoms with E-state index in [1.165, 1.54) is 0 Å². The minimum atomic E-state index is -4.88. The van der Waals surface area contributed by atoms with Crippen molar-refractivity contribution in [3.63, 3.8) is 0 Å². The van der Waals surface area contributed by atoms with Crippen LogP contribution in [0.4, 0.5) is 22.0 Å². The highest BCUT2D eigenvalue weighted by atomic mass is 32.1. The van der Waals surface area contributed by atoms with Gasteiger partial charge in [-0.15, -0.1) is 4.37 Å². The number of alkyl halides is 5. The zero-order chi connectivity index (χ0) is 17.8. The van der Waals surface area contributed by atoms with E-state index in [4.69, 9.17) is 4.74 Å². The molecule has 0 unspecified atom stereocenters. The molecule has 0 saturated carbocycles. The molecule has 0 radical (unpaired) electrons. The topological polar surface area (TPSA) is 38.2 Å². The molecule has 1 aliphatic heterocycles. The van der Waals surface area contributed by atoms with E-state index in [2.05, 4.69) is 13.6 Å². The van der Waals surface area contributed by atoms with Crippen LogP contribution < -0.4 is 4.74 Å². The number of likely N-dealkylation sites (N-methyl/N-ethyl adjacent to an activating group) is 1. The fourth-order valence-electron chi connectivity index (χ4n) is 2.42. The van der Waals surface area contributed by atoms with Crippen molar-refractivity contribution in [2.45, 2.75) is 37.8 Å². The molecule has 1 aliphatic rings. The van der Waals surface area contributed by atoms with Gasteiger partial charge in [0, 0.05) is 19.5 Å². The Labute approximate surface area is 140 Å². The fraction of sp³-hybridized carbons (Fsp3) is 0.714. The molecule has 0 N–H and O–H groups in total. The summed E-state index contributed by atoms with van der Waals surface area (Å²) >= 11 is 0.951. The molecule has 0 bridgehead atoms. The molecular weight excluding hydrogens is 353 g/mol. The molecule has 1 aromatic rings. The van der Waals surface area contributed by atoms with Gasteiger partial charge in [0.15, 0.2) is 0 Å². The summed E-state index contributed by atoms with van der Waals surface area (Å²) < 4.78 is 76.0. The van der Waals surface area contributed by atoms with Crippen LogP contribution in [0.1, 0.15) is 31.4 Å². The molecule has 24 heavy (non-hydrogen) atoms. The molecule has 0 aliphatic carbocycles. The van der Waals surface area contributed by atoms with Crippen molar-refractivity contribution < 1.29 is 26.7 Å². The smallest absolute Gasteiger partial charge is 0.394 e. The Balaban J connectivity index is 1.84. The third-order valence-corrected chi connectivity index (χ3v) is 4.00. The molecule has 0 amide bonds. The van der Waals surface area contributed by atoms with Gasteiger partial charge in [-0.3, -0.25) is 0 Å². The first-order valence-corrected chi connectivity index (χ1v) is 8.17. The summed E-state index contributed by atoms with van der Waals surface area (Å²) in [6, 6.07) is 0. The minimum absolute atomic E-state index is 0.130. The van der Waals surface area contributed by atoms with E-state index in [1.54, 1.807) is 0 Å². The van der Waals surface area contributed by atoms with Crippen LogP contribution in [0.5, 0.6) is 5.88 Å². The van der Waals surface area contributed by atoms with E-state index >= 15 is 0 Å². The number of hydrogen-bond donors (Lipinski definition) is 0. The number of rotatable bonds is 7. The molecule has 0 spiro atoms. The average molecular weight is 371 g/mol. The zero-order valence-electron chi connectivity index (χ0n) is 13.1. The number of nitrogens with zero attached hydrogens (tertiary/aromatic N) is 3. The summed E-state index contributed by atoms with van der Waals surface area (Å²) in [6.07, 6.45) is -5.17. The molecule has 2 heterocycles.